The van der Waals surface area contributed by atoms with Crippen LogP contribution in [-0.2, 0) is 10.9 Å². The van der Waals surface area contributed by atoms with E-state index in [0.717, 1.165) is 17.2 Å². The van der Waals surface area contributed by atoms with Crippen molar-refractivity contribution in [2.24, 2.45) is 0 Å². The Kier molecular flexibility index (Phi) is 11.6. The van der Waals surface area contributed by atoms with Gasteiger partial charge in [0.15, 0.2) is 14.7 Å². The van der Waals surface area contributed by atoms with Gasteiger partial charge in [0.05, 0.1) is 29.2 Å². The summed E-state index contributed by atoms with van der Waals surface area (Å²) in [6.07, 6.45) is 19.9. The minimum Gasteiger partial charge on any atom is -1.00 e. The largest absolute Gasteiger partial charge is 1.00 e. The topological polar surface area (TPSA) is 27.7 Å². The molecule has 0 aliphatic heterocycles. The maximum Gasteiger partial charge on any atom is 0.166 e. The van der Waals surface area contributed by atoms with Crippen LogP contribution in [0, 0.1) is 0 Å². The van der Waals surface area contributed by atoms with Crippen molar-refractivity contribution in [3.05, 3.63) is 72.8 Å². The molecule has 3 aliphatic rings. The summed E-state index contributed by atoms with van der Waals surface area (Å²) in [4.78, 5) is 3.91. The third-order valence-electron chi connectivity index (χ3n) is 8.74. The first kappa shape index (κ1) is 30.6. The molecular weight excluding hydrogens is 639 g/mol. The van der Waals surface area contributed by atoms with E-state index in [-0.39, 0.29) is 34.9 Å². The van der Waals surface area contributed by atoms with Crippen LogP contribution in [0.5, 0.6) is 17.2 Å². The molecule has 0 amide bonds. The fourth-order valence-corrected chi connectivity index (χ4v) is 8.54. The Bertz CT molecular complexity index is 1010. The molecule has 5 heteroatoms. The molecule has 3 aromatic rings. The predicted molar refractivity (Wildman–Crippen MR) is 164 cm³/mol. The van der Waals surface area contributed by atoms with Gasteiger partial charge in [0, 0.05) is 0 Å². The highest BCUT2D eigenvalue weighted by Gasteiger charge is 2.30. The van der Waals surface area contributed by atoms with E-state index >= 15 is 0 Å². The van der Waals surface area contributed by atoms with Crippen LogP contribution in [0.1, 0.15) is 96.3 Å². The summed E-state index contributed by atoms with van der Waals surface area (Å²) in [6, 6.07) is 26.6. The summed E-state index contributed by atoms with van der Waals surface area (Å²) in [5, 5.41) is 0. The molecule has 41 heavy (non-hydrogen) atoms. The van der Waals surface area contributed by atoms with Crippen molar-refractivity contribution in [3.63, 3.8) is 0 Å². The van der Waals surface area contributed by atoms with E-state index in [1.165, 1.54) is 111 Å². The molecule has 0 heterocycles. The van der Waals surface area contributed by atoms with E-state index in [1.807, 2.05) is 0 Å². The first-order chi connectivity index (χ1) is 19.8. The van der Waals surface area contributed by atoms with E-state index in [1.54, 1.807) is 0 Å². The number of rotatable bonds is 9. The summed E-state index contributed by atoms with van der Waals surface area (Å²) in [5.74, 6) is 2.98. The smallest absolute Gasteiger partial charge is 0.166 e. The highest BCUT2D eigenvalue weighted by Crippen LogP contribution is 2.35. The van der Waals surface area contributed by atoms with Gasteiger partial charge in [-0.3, -0.25) is 0 Å². The first-order valence-electron chi connectivity index (χ1n) is 15.8. The molecule has 220 valence electrons. The minimum absolute atomic E-state index is 0. The van der Waals surface area contributed by atoms with Gasteiger partial charge in [-0.1, -0.05) is 19.3 Å². The van der Waals surface area contributed by atoms with Crippen molar-refractivity contribution in [2.75, 3.05) is 0 Å². The van der Waals surface area contributed by atoms with Crippen molar-refractivity contribution < 1.29 is 38.2 Å². The normalized spacial score (nSPS) is 19.0. The van der Waals surface area contributed by atoms with Gasteiger partial charge in [0.2, 0.25) is 0 Å². The SMILES string of the molecule is [I-].c1cc([S+](c2ccc(OC3CCCCC3)cc2)c2ccc(OC3CCCCC3)cc2)ccc1OC1CCCCC1. The zero-order valence-corrected chi connectivity index (χ0v) is 27.3. The molecule has 6 rings (SSSR count). The Morgan fingerprint density at radius 1 is 0.366 bits per heavy atom. The maximum absolute atomic E-state index is 6.35. The average molecular weight is 685 g/mol. The third kappa shape index (κ3) is 8.59. The fourth-order valence-electron chi connectivity index (χ4n) is 6.50. The maximum atomic E-state index is 6.35. The van der Waals surface area contributed by atoms with Crippen LogP contribution < -0.4 is 38.2 Å². The summed E-state index contributed by atoms with van der Waals surface area (Å²) in [5.41, 5.74) is 0. The number of hydrogen-bond acceptors (Lipinski definition) is 3. The Morgan fingerprint density at radius 2 is 0.610 bits per heavy atom. The number of hydrogen-bond donors (Lipinski definition) is 0. The molecule has 0 spiro atoms. The molecule has 3 aromatic carbocycles. The lowest BCUT2D eigenvalue weighted by molar-refractivity contribution is -0.0000116. The van der Waals surface area contributed by atoms with Gasteiger partial charge >= 0.3 is 0 Å². The highest BCUT2D eigenvalue weighted by atomic mass is 127. The van der Waals surface area contributed by atoms with Crippen LogP contribution in [-0.4, -0.2) is 18.3 Å². The zero-order valence-electron chi connectivity index (χ0n) is 24.3. The molecule has 3 aliphatic carbocycles. The van der Waals surface area contributed by atoms with E-state index < -0.39 is 0 Å². The van der Waals surface area contributed by atoms with Crippen molar-refractivity contribution in [3.8, 4) is 17.2 Å². The predicted octanol–water partition coefficient (Wildman–Crippen LogP) is 6.92. The summed E-state index contributed by atoms with van der Waals surface area (Å²) in [6.45, 7) is 0. The van der Waals surface area contributed by atoms with Gasteiger partial charge in [0.1, 0.15) is 17.2 Å². The van der Waals surface area contributed by atoms with Gasteiger partial charge in [-0.2, -0.15) is 0 Å². The van der Waals surface area contributed by atoms with Crippen LogP contribution in [0.15, 0.2) is 87.5 Å². The lowest BCUT2D eigenvalue weighted by Gasteiger charge is -2.23. The van der Waals surface area contributed by atoms with Crippen LogP contribution in [0.2, 0.25) is 0 Å². The highest BCUT2D eigenvalue weighted by molar-refractivity contribution is 7.97. The number of ether oxygens (including phenoxy) is 3. The summed E-state index contributed by atoms with van der Waals surface area (Å²) < 4.78 is 19.0. The molecule has 0 bridgehead atoms. The second-order valence-corrected chi connectivity index (χ2v) is 13.9. The quantitative estimate of drug-likeness (QED) is 0.181. The fraction of sp³-hybridized carbons (Fsp3) is 0.500. The Morgan fingerprint density at radius 3 is 0.854 bits per heavy atom. The van der Waals surface area contributed by atoms with Crippen molar-refractivity contribution in [2.45, 2.75) is 129 Å². The van der Waals surface area contributed by atoms with Crippen LogP contribution in [0.25, 0.3) is 0 Å². The van der Waals surface area contributed by atoms with Crippen molar-refractivity contribution in [1.29, 1.82) is 0 Å². The van der Waals surface area contributed by atoms with Crippen LogP contribution in [0.4, 0.5) is 0 Å². The Balaban J connectivity index is 0.00000337. The minimum atomic E-state index is -0.226. The van der Waals surface area contributed by atoms with Crippen molar-refractivity contribution >= 4 is 10.9 Å². The molecule has 0 aromatic heterocycles. The monoisotopic (exact) mass is 684 g/mol. The van der Waals surface area contributed by atoms with E-state index in [9.17, 15) is 0 Å². The number of benzene rings is 3. The summed E-state index contributed by atoms with van der Waals surface area (Å²) >= 11 is 0. The molecule has 0 unspecified atom stereocenters. The van der Waals surface area contributed by atoms with E-state index in [4.69, 9.17) is 14.2 Å². The van der Waals surface area contributed by atoms with E-state index in [2.05, 4.69) is 72.8 Å². The zero-order chi connectivity index (χ0) is 27.0. The second-order valence-electron chi connectivity index (χ2n) is 11.9. The van der Waals surface area contributed by atoms with Crippen LogP contribution in [0.3, 0.4) is 0 Å². The average Bonchev–Trinajstić information content (AvgIpc) is 3.01. The lowest BCUT2D eigenvalue weighted by atomic mass is 9.98. The van der Waals surface area contributed by atoms with Crippen LogP contribution >= 0.6 is 0 Å². The van der Waals surface area contributed by atoms with Gasteiger partial charge in [0.25, 0.3) is 0 Å². The summed E-state index contributed by atoms with van der Waals surface area (Å²) in [7, 11) is -0.226. The Labute approximate surface area is 267 Å². The molecule has 0 N–H and O–H groups in total. The second kappa shape index (κ2) is 15.6. The van der Waals surface area contributed by atoms with Gasteiger partial charge in [-0.15, -0.1) is 0 Å². The molecule has 0 saturated heterocycles. The molecular formula is C36H45IO3S. The molecule has 0 atom stereocenters. The third-order valence-corrected chi connectivity index (χ3v) is 11.0. The van der Waals surface area contributed by atoms with Crippen molar-refractivity contribution in [1.82, 2.24) is 0 Å². The van der Waals surface area contributed by atoms with Gasteiger partial charge in [-0.05, 0) is 150 Å². The molecule has 3 fully saturated rings. The molecule has 3 nitrogen and oxygen atoms in total. The lowest BCUT2D eigenvalue weighted by Crippen LogP contribution is -3.00. The number of halogens is 1. The van der Waals surface area contributed by atoms with Gasteiger partial charge < -0.3 is 38.2 Å². The first-order valence-corrected chi connectivity index (χ1v) is 17.1. The van der Waals surface area contributed by atoms with Gasteiger partial charge in [-0.25, -0.2) is 0 Å². The molecule has 0 radical (unpaired) electrons. The van der Waals surface area contributed by atoms with E-state index in [0.29, 0.717) is 18.3 Å². The standard InChI is InChI=1S/C36H45O3S.HI/c1-4-10-28(11-5-1)37-31-16-22-34(23-17-31)40(35-24-18-32(19-25-35)38-29-12-6-2-7-13-29)36-26-20-33(21-27-36)39-30-14-8-3-9-15-30;/h16-30H,1-15H2;1H/q+1;/p-1. The Hall–Kier alpha value is -1.86. The molecule has 3 saturated carbocycles.